The zero-order chi connectivity index (χ0) is 10.4. The van der Waals surface area contributed by atoms with Crippen molar-refractivity contribution in [1.29, 1.82) is 0 Å². The molecule has 0 aliphatic rings. The van der Waals surface area contributed by atoms with Crippen LogP contribution in [0.5, 0.6) is 0 Å². The predicted octanol–water partition coefficient (Wildman–Crippen LogP) is 3.33. The number of aromatic nitrogens is 1. The average molecular weight is 190 g/mol. The first-order chi connectivity index (χ1) is 6.79. The second kappa shape index (κ2) is 5.43. The molecule has 0 saturated carbocycles. The quantitative estimate of drug-likeness (QED) is 0.770. The van der Waals surface area contributed by atoms with Gasteiger partial charge >= 0.3 is 0 Å². The maximum absolute atomic E-state index is 4.12. The van der Waals surface area contributed by atoms with Crippen LogP contribution in [-0.2, 0) is 0 Å². The van der Waals surface area contributed by atoms with Gasteiger partial charge in [-0.05, 0) is 24.5 Å². The summed E-state index contributed by atoms with van der Waals surface area (Å²) in [5, 5.41) is 3.15. The molecule has 0 aliphatic carbocycles. The minimum Gasteiger partial charge on any atom is -0.388 e. The molecule has 2 nitrogen and oxygen atoms in total. The highest BCUT2D eigenvalue weighted by Crippen LogP contribution is 2.24. The molecule has 2 heteroatoms. The van der Waals surface area contributed by atoms with Gasteiger partial charge in [-0.15, -0.1) is 0 Å². The third kappa shape index (κ3) is 2.59. The minimum absolute atomic E-state index is 1.05. The Hall–Kier alpha value is -1.31. The van der Waals surface area contributed by atoms with E-state index in [1.807, 2.05) is 19.3 Å². The summed E-state index contributed by atoms with van der Waals surface area (Å²) >= 11 is 0. The summed E-state index contributed by atoms with van der Waals surface area (Å²) in [7, 11) is 1.92. The number of anilines is 1. The molecular weight excluding hydrogens is 172 g/mol. The molecule has 1 heterocycles. The lowest BCUT2D eigenvalue weighted by atomic mass is 10.0. The molecule has 14 heavy (non-hydrogen) atoms. The molecule has 0 aromatic carbocycles. The Morgan fingerprint density at radius 2 is 2.36 bits per heavy atom. The van der Waals surface area contributed by atoms with Crippen molar-refractivity contribution in [2.24, 2.45) is 0 Å². The van der Waals surface area contributed by atoms with E-state index in [1.165, 1.54) is 18.4 Å². The number of allylic oxidation sites excluding steroid dienone is 1. The Labute approximate surface area is 86.1 Å². The second-order valence-corrected chi connectivity index (χ2v) is 3.38. The monoisotopic (exact) mass is 190 g/mol. The molecule has 0 amide bonds. The fourth-order valence-electron chi connectivity index (χ4n) is 1.42. The fourth-order valence-corrected chi connectivity index (χ4v) is 1.42. The standard InChI is InChI=1S/C12H18N2/c1-4-5-6-10(2)11-9-14-8-7-12(11)13-3/h7-9H,2,4-6H2,1,3H3,(H,13,14). The Morgan fingerprint density at radius 1 is 1.57 bits per heavy atom. The Balaban J connectivity index is 2.78. The minimum atomic E-state index is 1.05. The van der Waals surface area contributed by atoms with Crippen LogP contribution in [-0.4, -0.2) is 12.0 Å². The number of nitrogens with one attached hydrogen (secondary N) is 1. The average Bonchev–Trinajstić information content (AvgIpc) is 2.25. The van der Waals surface area contributed by atoms with Crippen LogP contribution in [0.25, 0.3) is 5.57 Å². The van der Waals surface area contributed by atoms with E-state index >= 15 is 0 Å². The first-order valence-electron chi connectivity index (χ1n) is 5.09. The number of hydrogen-bond donors (Lipinski definition) is 1. The van der Waals surface area contributed by atoms with E-state index in [1.54, 1.807) is 6.20 Å². The van der Waals surface area contributed by atoms with Gasteiger partial charge in [0.1, 0.15) is 0 Å². The van der Waals surface area contributed by atoms with Gasteiger partial charge in [0.15, 0.2) is 0 Å². The van der Waals surface area contributed by atoms with Crippen LogP contribution in [0.2, 0.25) is 0 Å². The summed E-state index contributed by atoms with van der Waals surface area (Å²) < 4.78 is 0. The summed E-state index contributed by atoms with van der Waals surface area (Å²) in [6.45, 7) is 6.28. The molecule has 0 spiro atoms. The SMILES string of the molecule is C=C(CCCC)c1cnccc1NC. The second-order valence-electron chi connectivity index (χ2n) is 3.38. The van der Waals surface area contributed by atoms with Gasteiger partial charge in [-0.3, -0.25) is 4.98 Å². The number of pyridine rings is 1. The highest BCUT2D eigenvalue weighted by atomic mass is 14.8. The van der Waals surface area contributed by atoms with Gasteiger partial charge in [-0.25, -0.2) is 0 Å². The van der Waals surface area contributed by atoms with Crippen molar-refractivity contribution in [3.8, 4) is 0 Å². The first-order valence-corrected chi connectivity index (χ1v) is 5.09. The van der Waals surface area contributed by atoms with Crippen LogP contribution in [0.4, 0.5) is 5.69 Å². The van der Waals surface area contributed by atoms with Crippen molar-refractivity contribution < 1.29 is 0 Å². The van der Waals surface area contributed by atoms with Crippen molar-refractivity contribution in [2.75, 3.05) is 12.4 Å². The van der Waals surface area contributed by atoms with Gasteiger partial charge in [-0.2, -0.15) is 0 Å². The third-order valence-electron chi connectivity index (χ3n) is 2.30. The normalized spacial score (nSPS) is 9.86. The fraction of sp³-hybridized carbons (Fsp3) is 0.417. The van der Waals surface area contributed by atoms with Crippen molar-refractivity contribution in [3.05, 3.63) is 30.6 Å². The summed E-state index contributed by atoms with van der Waals surface area (Å²) in [6.07, 6.45) is 7.12. The molecule has 1 aromatic rings. The first kappa shape index (κ1) is 10.8. The number of nitrogens with zero attached hydrogens (tertiary/aromatic N) is 1. The van der Waals surface area contributed by atoms with E-state index in [-0.39, 0.29) is 0 Å². The summed E-state index contributed by atoms with van der Waals surface area (Å²) in [5.74, 6) is 0. The van der Waals surface area contributed by atoms with Gasteiger partial charge in [0, 0.05) is 30.7 Å². The molecule has 0 atom stereocenters. The van der Waals surface area contributed by atoms with E-state index in [2.05, 4.69) is 23.8 Å². The van der Waals surface area contributed by atoms with E-state index in [0.29, 0.717) is 0 Å². The van der Waals surface area contributed by atoms with Crippen LogP contribution >= 0.6 is 0 Å². The van der Waals surface area contributed by atoms with Gasteiger partial charge in [-0.1, -0.05) is 19.9 Å². The van der Waals surface area contributed by atoms with Gasteiger partial charge < -0.3 is 5.32 Å². The van der Waals surface area contributed by atoms with Crippen LogP contribution < -0.4 is 5.32 Å². The van der Waals surface area contributed by atoms with Crippen LogP contribution in [0.15, 0.2) is 25.0 Å². The van der Waals surface area contributed by atoms with Crippen molar-refractivity contribution in [1.82, 2.24) is 4.98 Å². The number of unbranched alkanes of at least 4 members (excludes halogenated alkanes) is 1. The van der Waals surface area contributed by atoms with Crippen LogP contribution in [0, 0.1) is 0 Å². The maximum Gasteiger partial charge on any atom is 0.0444 e. The molecule has 0 unspecified atom stereocenters. The highest BCUT2D eigenvalue weighted by molar-refractivity contribution is 5.73. The lowest BCUT2D eigenvalue weighted by molar-refractivity contribution is 0.825. The largest absolute Gasteiger partial charge is 0.388 e. The van der Waals surface area contributed by atoms with E-state index in [9.17, 15) is 0 Å². The molecule has 0 bridgehead atoms. The van der Waals surface area contributed by atoms with Gasteiger partial charge in [0.2, 0.25) is 0 Å². The Morgan fingerprint density at radius 3 is 3.00 bits per heavy atom. The zero-order valence-electron chi connectivity index (χ0n) is 9.01. The Bertz CT molecular complexity index is 305. The van der Waals surface area contributed by atoms with E-state index in [0.717, 1.165) is 17.7 Å². The van der Waals surface area contributed by atoms with Crippen molar-refractivity contribution in [2.45, 2.75) is 26.2 Å². The molecular formula is C12H18N2. The summed E-state index contributed by atoms with van der Waals surface area (Å²) in [6, 6.07) is 1.98. The Kier molecular flexibility index (Phi) is 4.17. The lowest BCUT2D eigenvalue weighted by Crippen LogP contribution is -1.95. The van der Waals surface area contributed by atoms with E-state index < -0.39 is 0 Å². The molecule has 0 fully saturated rings. The summed E-state index contributed by atoms with van der Waals surface area (Å²) in [4.78, 5) is 4.12. The van der Waals surface area contributed by atoms with Gasteiger partial charge in [0.05, 0.1) is 0 Å². The topological polar surface area (TPSA) is 24.9 Å². The van der Waals surface area contributed by atoms with Crippen molar-refractivity contribution >= 4 is 11.3 Å². The smallest absolute Gasteiger partial charge is 0.0444 e. The zero-order valence-corrected chi connectivity index (χ0v) is 9.01. The lowest BCUT2D eigenvalue weighted by Gasteiger charge is -2.10. The molecule has 1 N–H and O–H groups in total. The number of hydrogen-bond acceptors (Lipinski definition) is 2. The van der Waals surface area contributed by atoms with Crippen LogP contribution in [0.3, 0.4) is 0 Å². The van der Waals surface area contributed by atoms with E-state index in [4.69, 9.17) is 0 Å². The summed E-state index contributed by atoms with van der Waals surface area (Å²) in [5.41, 5.74) is 3.42. The maximum atomic E-state index is 4.12. The molecule has 1 rings (SSSR count). The highest BCUT2D eigenvalue weighted by Gasteiger charge is 2.03. The molecule has 1 aromatic heterocycles. The van der Waals surface area contributed by atoms with Crippen LogP contribution in [0.1, 0.15) is 31.7 Å². The molecule has 0 radical (unpaired) electrons. The molecule has 0 saturated heterocycles. The molecule has 76 valence electrons. The van der Waals surface area contributed by atoms with Crippen molar-refractivity contribution in [3.63, 3.8) is 0 Å². The third-order valence-corrected chi connectivity index (χ3v) is 2.30. The molecule has 0 aliphatic heterocycles. The predicted molar refractivity (Wildman–Crippen MR) is 62.3 cm³/mol. The van der Waals surface area contributed by atoms with Gasteiger partial charge in [0.25, 0.3) is 0 Å². The number of rotatable bonds is 5.